The minimum atomic E-state index is -4.31. The Bertz CT molecular complexity index is 1050. The molecule has 180 valence electrons. The zero-order valence-electron chi connectivity index (χ0n) is 17.6. The van der Waals surface area contributed by atoms with Gasteiger partial charge in [0.15, 0.2) is 5.82 Å². The first-order chi connectivity index (χ1) is 15.5. The van der Waals surface area contributed by atoms with Gasteiger partial charge in [0.05, 0.1) is 28.3 Å². The number of benzene rings is 1. The number of hydrogen-bond acceptors (Lipinski definition) is 5. The Morgan fingerprint density at radius 1 is 1.21 bits per heavy atom. The van der Waals surface area contributed by atoms with Crippen molar-refractivity contribution < 1.29 is 26.7 Å². The molecule has 5 nitrogen and oxygen atoms in total. The molecule has 5 N–H and O–H groups in total. The van der Waals surface area contributed by atoms with Crippen LogP contribution in [0.4, 0.5) is 33.5 Å². The average molecular weight is 509 g/mol. The Morgan fingerprint density at radius 2 is 1.88 bits per heavy atom. The van der Waals surface area contributed by atoms with Gasteiger partial charge in [-0.05, 0) is 36.9 Å². The highest BCUT2D eigenvalue weighted by Crippen LogP contribution is 2.37. The number of carbonyl (C=O) groups excluding carboxylic acids is 1. The van der Waals surface area contributed by atoms with Crippen molar-refractivity contribution in [3.05, 3.63) is 58.8 Å². The number of aromatic nitrogens is 1. The molecule has 0 spiro atoms. The smallest absolute Gasteiger partial charge is 0.385 e. The van der Waals surface area contributed by atoms with Crippen molar-refractivity contribution in [1.29, 1.82) is 5.41 Å². The van der Waals surface area contributed by atoms with Crippen molar-refractivity contribution in [3.63, 3.8) is 0 Å². The van der Waals surface area contributed by atoms with Crippen LogP contribution in [0.5, 0.6) is 0 Å². The zero-order chi connectivity index (χ0) is 24.9. The SMILES string of the molecule is CC.N=C(Cl)c1c(C(=O)c2c(F)ccc(NSC3C=CC(C(F)(F)F)CC3)c2F)c[nH]c1N. The molecule has 0 bridgehead atoms. The Hall–Kier alpha value is -2.53. The van der Waals surface area contributed by atoms with Crippen LogP contribution >= 0.6 is 23.5 Å². The number of carbonyl (C=O) groups is 1. The topological polar surface area (TPSA) is 94.8 Å². The van der Waals surface area contributed by atoms with E-state index in [2.05, 4.69) is 9.71 Å². The van der Waals surface area contributed by atoms with Crippen molar-refractivity contribution >= 4 is 46.0 Å². The number of halogens is 6. The van der Waals surface area contributed by atoms with Gasteiger partial charge >= 0.3 is 6.18 Å². The van der Waals surface area contributed by atoms with E-state index in [9.17, 15) is 26.7 Å². The van der Waals surface area contributed by atoms with Gasteiger partial charge in [0.25, 0.3) is 0 Å². The molecule has 0 aliphatic heterocycles. The summed E-state index contributed by atoms with van der Waals surface area (Å²) in [7, 11) is 0. The molecular weight excluding hydrogens is 487 g/mol. The number of nitrogens with one attached hydrogen (secondary N) is 3. The summed E-state index contributed by atoms with van der Waals surface area (Å²) in [5, 5.41) is 6.56. The molecule has 1 aliphatic rings. The fourth-order valence-corrected chi connectivity index (χ4v) is 4.20. The zero-order valence-corrected chi connectivity index (χ0v) is 19.2. The van der Waals surface area contributed by atoms with E-state index in [1.807, 2.05) is 13.8 Å². The summed E-state index contributed by atoms with van der Waals surface area (Å²) in [6.45, 7) is 4.00. The van der Waals surface area contributed by atoms with Gasteiger partial charge in [0.1, 0.15) is 16.8 Å². The highest BCUT2D eigenvalue weighted by atomic mass is 35.5. The van der Waals surface area contributed by atoms with Gasteiger partial charge in [-0.3, -0.25) is 10.2 Å². The second-order valence-corrected chi connectivity index (χ2v) is 8.21. The largest absolute Gasteiger partial charge is 0.395 e. The monoisotopic (exact) mass is 508 g/mol. The fourth-order valence-electron chi connectivity index (χ4n) is 3.13. The van der Waals surface area contributed by atoms with Crippen molar-refractivity contribution in [2.75, 3.05) is 10.5 Å². The van der Waals surface area contributed by atoms with Crippen molar-refractivity contribution in [2.24, 2.45) is 5.92 Å². The third-order valence-electron chi connectivity index (χ3n) is 4.75. The van der Waals surface area contributed by atoms with Crippen molar-refractivity contribution in [1.82, 2.24) is 4.98 Å². The summed E-state index contributed by atoms with van der Waals surface area (Å²) < 4.78 is 70.1. The van der Waals surface area contributed by atoms with Crippen LogP contribution in [0.2, 0.25) is 0 Å². The van der Waals surface area contributed by atoms with Gasteiger partial charge < -0.3 is 15.4 Å². The second-order valence-electron chi connectivity index (χ2n) is 6.79. The maximum absolute atomic E-state index is 15.0. The normalized spacial score (nSPS) is 17.8. The first kappa shape index (κ1) is 26.7. The maximum Gasteiger partial charge on any atom is 0.395 e. The Balaban J connectivity index is 0.00000187. The highest BCUT2D eigenvalue weighted by molar-refractivity contribution is 8.01. The molecule has 2 atom stereocenters. The van der Waals surface area contributed by atoms with Crippen molar-refractivity contribution in [3.8, 4) is 0 Å². The van der Waals surface area contributed by atoms with Gasteiger partial charge in [-0.25, -0.2) is 8.78 Å². The first-order valence-corrected chi connectivity index (χ1v) is 11.2. The molecular formula is C21H22ClF5N4OS. The van der Waals surface area contributed by atoms with E-state index >= 15 is 0 Å². The van der Waals surface area contributed by atoms with E-state index in [1.165, 1.54) is 6.08 Å². The number of hydrogen-bond donors (Lipinski definition) is 4. The number of aromatic amines is 1. The highest BCUT2D eigenvalue weighted by Gasteiger charge is 2.39. The molecule has 0 radical (unpaired) electrons. The number of alkyl halides is 3. The molecule has 33 heavy (non-hydrogen) atoms. The molecule has 2 unspecified atom stereocenters. The van der Waals surface area contributed by atoms with Crippen LogP contribution in [-0.2, 0) is 0 Å². The number of H-pyrrole nitrogens is 1. The molecule has 2 aromatic rings. The van der Waals surface area contributed by atoms with Gasteiger partial charge in [-0.2, -0.15) is 13.2 Å². The van der Waals surface area contributed by atoms with E-state index in [0.29, 0.717) is 0 Å². The molecule has 1 aromatic heterocycles. The molecule has 0 saturated heterocycles. The number of anilines is 2. The second kappa shape index (κ2) is 11.1. The molecule has 0 saturated carbocycles. The summed E-state index contributed by atoms with van der Waals surface area (Å²) in [6, 6.07) is 1.97. The molecule has 1 aromatic carbocycles. The van der Waals surface area contributed by atoms with Gasteiger partial charge in [0.2, 0.25) is 5.78 Å². The van der Waals surface area contributed by atoms with Crippen LogP contribution in [0.1, 0.15) is 48.2 Å². The van der Waals surface area contributed by atoms with Crippen LogP contribution in [0.15, 0.2) is 30.5 Å². The van der Waals surface area contributed by atoms with E-state index < -0.39 is 40.2 Å². The quantitative estimate of drug-likeness (QED) is 0.115. The number of nitrogen functional groups attached to an aromatic ring is 1. The summed E-state index contributed by atoms with van der Waals surface area (Å²) in [4.78, 5) is 15.2. The maximum atomic E-state index is 15.0. The molecule has 3 rings (SSSR count). The fraction of sp³-hybridized carbons (Fsp3) is 0.333. The summed E-state index contributed by atoms with van der Waals surface area (Å²) in [6.07, 6.45) is -0.654. The van der Waals surface area contributed by atoms with Gasteiger partial charge in [0, 0.05) is 11.4 Å². The van der Waals surface area contributed by atoms with E-state index in [4.69, 9.17) is 22.7 Å². The minimum absolute atomic E-state index is 0.100. The molecule has 0 amide bonds. The van der Waals surface area contributed by atoms with Gasteiger partial charge in [-0.1, -0.05) is 37.6 Å². The number of allylic oxidation sites excluding steroid dienone is 1. The van der Waals surface area contributed by atoms with Crippen LogP contribution in [0.25, 0.3) is 0 Å². The first-order valence-electron chi connectivity index (χ1n) is 9.91. The average Bonchev–Trinajstić information content (AvgIpc) is 3.16. The standard InChI is InChI=1S/C19H16ClF5N4OS.C2H6/c20-17(26)13-10(7-28-18(13)27)16(30)14-11(21)5-6-12(15(14)22)29-31-9-3-1-8(2-4-9)19(23,24)25;1-2/h1,3,5-9,26,28-29H,2,4,27H2;1-2H3. The summed E-state index contributed by atoms with van der Waals surface area (Å²) >= 11 is 6.57. The minimum Gasteiger partial charge on any atom is -0.385 e. The lowest BCUT2D eigenvalue weighted by molar-refractivity contribution is -0.163. The summed E-state index contributed by atoms with van der Waals surface area (Å²) in [5.74, 6) is -5.00. The van der Waals surface area contributed by atoms with E-state index in [1.54, 1.807) is 0 Å². The lowest BCUT2D eigenvalue weighted by atomic mass is 9.95. The third kappa shape index (κ3) is 6.08. The molecule has 12 heteroatoms. The molecule has 1 heterocycles. The van der Waals surface area contributed by atoms with Crippen LogP contribution in [-0.4, -0.2) is 27.4 Å². The molecule has 1 aliphatic carbocycles. The lowest BCUT2D eigenvalue weighted by Gasteiger charge is -2.24. The number of rotatable bonds is 6. The summed E-state index contributed by atoms with van der Waals surface area (Å²) in [5.41, 5.74) is 4.08. The Morgan fingerprint density at radius 3 is 2.42 bits per heavy atom. The van der Waals surface area contributed by atoms with E-state index in [-0.39, 0.29) is 40.7 Å². The molecule has 0 fully saturated rings. The van der Waals surface area contributed by atoms with Crippen LogP contribution in [0, 0.1) is 23.0 Å². The Kier molecular flexibility index (Phi) is 8.96. The lowest BCUT2D eigenvalue weighted by Crippen LogP contribution is -2.25. The number of ketones is 1. The van der Waals surface area contributed by atoms with Crippen molar-refractivity contribution in [2.45, 2.75) is 38.1 Å². The van der Waals surface area contributed by atoms with Crippen LogP contribution < -0.4 is 10.5 Å². The predicted octanol–water partition coefficient (Wildman–Crippen LogP) is 6.65. The van der Waals surface area contributed by atoms with Gasteiger partial charge in [-0.15, -0.1) is 0 Å². The van der Waals surface area contributed by atoms with E-state index in [0.717, 1.165) is 36.4 Å². The predicted molar refractivity (Wildman–Crippen MR) is 122 cm³/mol. The van der Waals surface area contributed by atoms with Crippen LogP contribution in [0.3, 0.4) is 0 Å². The third-order valence-corrected chi connectivity index (χ3v) is 5.98. The number of nitrogens with two attached hydrogens (primary N) is 1. The Labute approximate surface area is 196 Å².